The van der Waals surface area contributed by atoms with Gasteiger partial charge >= 0.3 is 5.97 Å². The molecule has 0 aliphatic carbocycles. The highest BCUT2D eigenvalue weighted by atomic mass is 16.4. The largest absolute Gasteiger partial charge is 0.481 e. The molecule has 0 aliphatic rings. The van der Waals surface area contributed by atoms with Crippen molar-refractivity contribution in [2.75, 3.05) is 0 Å². The lowest BCUT2D eigenvalue weighted by molar-refractivity contribution is -0.136. The van der Waals surface area contributed by atoms with Crippen LogP contribution in [-0.4, -0.2) is 21.0 Å². The van der Waals surface area contributed by atoms with Gasteiger partial charge in [0, 0.05) is 18.0 Å². The van der Waals surface area contributed by atoms with E-state index in [1.54, 1.807) is 12.4 Å². The second-order valence-corrected chi connectivity index (χ2v) is 2.78. The van der Waals surface area contributed by atoms with E-state index in [0.29, 0.717) is 0 Å². The van der Waals surface area contributed by atoms with Crippen LogP contribution in [0.2, 0.25) is 0 Å². The predicted octanol–water partition coefficient (Wildman–Crippen LogP) is 1.19. The number of carboxylic acids is 1. The van der Waals surface area contributed by atoms with Crippen molar-refractivity contribution in [2.24, 2.45) is 0 Å². The Morgan fingerprint density at radius 1 is 1.62 bits per heavy atom. The fourth-order valence-electron chi connectivity index (χ4n) is 1.31. The summed E-state index contributed by atoms with van der Waals surface area (Å²) >= 11 is 0. The van der Waals surface area contributed by atoms with Gasteiger partial charge in [0.2, 0.25) is 0 Å². The molecule has 0 unspecified atom stereocenters. The molecule has 0 radical (unpaired) electrons. The van der Waals surface area contributed by atoms with Crippen LogP contribution in [0.5, 0.6) is 0 Å². The quantitative estimate of drug-likeness (QED) is 0.722. The molecule has 2 aromatic rings. The minimum Gasteiger partial charge on any atom is -0.481 e. The van der Waals surface area contributed by atoms with E-state index in [2.05, 4.69) is 9.97 Å². The average molecular weight is 176 g/mol. The van der Waals surface area contributed by atoms with Crippen LogP contribution in [0.15, 0.2) is 24.5 Å². The zero-order valence-corrected chi connectivity index (χ0v) is 6.82. The Hall–Kier alpha value is -1.84. The molecule has 0 aliphatic heterocycles. The number of carbonyl (C=O) groups is 1. The molecule has 0 saturated carbocycles. The van der Waals surface area contributed by atoms with Crippen LogP contribution in [0.4, 0.5) is 0 Å². The van der Waals surface area contributed by atoms with Gasteiger partial charge < -0.3 is 10.1 Å². The molecule has 66 valence electrons. The molecule has 2 heterocycles. The second-order valence-electron chi connectivity index (χ2n) is 2.78. The molecule has 0 saturated heterocycles. The van der Waals surface area contributed by atoms with E-state index in [1.807, 2.05) is 12.1 Å². The van der Waals surface area contributed by atoms with Crippen molar-refractivity contribution in [3.05, 3.63) is 30.1 Å². The number of aromatic nitrogens is 2. The molecule has 4 nitrogen and oxygen atoms in total. The van der Waals surface area contributed by atoms with Crippen molar-refractivity contribution in [3.63, 3.8) is 0 Å². The molecule has 0 bridgehead atoms. The van der Waals surface area contributed by atoms with E-state index in [4.69, 9.17) is 5.11 Å². The highest BCUT2D eigenvalue weighted by molar-refractivity contribution is 5.83. The smallest absolute Gasteiger partial charge is 0.307 e. The average Bonchev–Trinajstić information content (AvgIpc) is 2.48. The lowest BCUT2D eigenvalue weighted by Crippen LogP contribution is -1.99. The van der Waals surface area contributed by atoms with E-state index < -0.39 is 5.97 Å². The maximum Gasteiger partial charge on any atom is 0.307 e. The summed E-state index contributed by atoms with van der Waals surface area (Å²) in [7, 11) is 0. The van der Waals surface area contributed by atoms with Crippen LogP contribution in [0.25, 0.3) is 11.0 Å². The first kappa shape index (κ1) is 7.79. The van der Waals surface area contributed by atoms with Crippen molar-refractivity contribution in [1.82, 2.24) is 9.97 Å². The van der Waals surface area contributed by atoms with Gasteiger partial charge in [-0.25, -0.2) is 0 Å². The third kappa shape index (κ3) is 1.38. The number of pyridine rings is 1. The maximum atomic E-state index is 10.5. The van der Waals surface area contributed by atoms with Crippen molar-refractivity contribution in [3.8, 4) is 0 Å². The molecule has 2 N–H and O–H groups in total. The molecule has 2 rings (SSSR count). The van der Waals surface area contributed by atoms with Gasteiger partial charge in [-0.05, 0) is 12.1 Å². The Morgan fingerprint density at radius 2 is 2.46 bits per heavy atom. The van der Waals surface area contributed by atoms with Crippen molar-refractivity contribution in [2.45, 2.75) is 6.42 Å². The van der Waals surface area contributed by atoms with Gasteiger partial charge in [-0.1, -0.05) is 0 Å². The van der Waals surface area contributed by atoms with Crippen LogP contribution in [0, 0.1) is 0 Å². The number of H-pyrrole nitrogens is 1. The number of carboxylic acid groups (broad SMARTS) is 1. The van der Waals surface area contributed by atoms with E-state index >= 15 is 0 Å². The van der Waals surface area contributed by atoms with Gasteiger partial charge in [0.25, 0.3) is 0 Å². The number of aromatic amines is 1. The molecular formula is C9H8N2O2. The fourth-order valence-corrected chi connectivity index (χ4v) is 1.31. The molecule has 0 atom stereocenters. The number of hydrogen-bond donors (Lipinski definition) is 2. The molecule has 0 fully saturated rings. The predicted molar refractivity (Wildman–Crippen MR) is 47.4 cm³/mol. The lowest BCUT2D eigenvalue weighted by atomic mass is 10.2. The first-order chi connectivity index (χ1) is 6.27. The summed E-state index contributed by atoms with van der Waals surface area (Å²) in [6.45, 7) is 0. The highest BCUT2D eigenvalue weighted by Gasteiger charge is 2.07. The zero-order chi connectivity index (χ0) is 9.26. The van der Waals surface area contributed by atoms with Crippen LogP contribution in [0.3, 0.4) is 0 Å². The number of hydrogen-bond acceptors (Lipinski definition) is 2. The molecule has 13 heavy (non-hydrogen) atoms. The van der Waals surface area contributed by atoms with Gasteiger partial charge in [0.1, 0.15) is 0 Å². The second kappa shape index (κ2) is 2.90. The fraction of sp³-hybridized carbons (Fsp3) is 0.111. The maximum absolute atomic E-state index is 10.5. The zero-order valence-electron chi connectivity index (χ0n) is 6.82. The summed E-state index contributed by atoms with van der Waals surface area (Å²) in [5.41, 5.74) is 2.34. The first-order valence-electron chi connectivity index (χ1n) is 3.90. The van der Waals surface area contributed by atoms with Gasteiger partial charge in [-0.3, -0.25) is 9.78 Å². The Morgan fingerprint density at radius 3 is 3.23 bits per heavy atom. The Balaban J connectivity index is 2.51. The Labute approximate surface area is 74.2 Å². The minimum absolute atomic E-state index is 0.0109. The molecule has 2 aromatic heterocycles. The molecule has 0 spiro atoms. The SMILES string of the molecule is O=C(O)Cc1c[nH]c2cccnc12. The lowest BCUT2D eigenvalue weighted by Gasteiger charge is -1.91. The number of fused-ring (bicyclic) bond motifs is 1. The van der Waals surface area contributed by atoms with Gasteiger partial charge in [0.15, 0.2) is 0 Å². The summed E-state index contributed by atoms with van der Waals surface area (Å²) < 4.78 is 0. The molecule has 0 aromatic carbocycles. The number of aliphatic carboxylic acids is 1. The monoisotopic (exact) mass is 176 g/mol. The van der Waals surface area contributed by atoms with E-state index in [1.165, 1.54) is 0 Å². The normalized spacial score (nSPS) is 10.5. The number of nitrogens with one attached hydrogen (secondary N) is 1. The Kier molecular flexibility index (Phi) is 1.73. The summed E-state index contributed by atoms with van der Waals surface area (Å²) in [5, 5.41) is 8.60. The van der Waals surface area contributed by atoms with E-state index in [0.717, 1.165) is 16.6 Å². The molecular weight excluding hydrogens is 168 g/mol. The highest BCUT2D eigenvalue weighted by Crippen LogP contribution is 2.14. The van der Waals surface area contributed by atoms with Crippen LogP contribution < -0.4 is 0 Å². The summed E-state index contributed by atoms with van der Waals surface area (Å²) in [5.74, 6) is -0.841. The molecule has 4 heteroatoms. The van der Waals surface area contributed by atoms with Crippen LogP contribution in [-0.2, 0) is 11.2 Å². The third-order valence-corrected chi connectivity index (χ3v) is 1.86. The van der Waals surface area contributed by atoms with Gasteiger partial charge in [-0.15, -0.1) is 0 Å². The van der Waals surface area contributed by atoms with Crippen molar-refractivity contribution < 1.29 is 9.90 Å². The third-order valence-electron chi connectivity index (χ3n) is 1.86. The number of rotatable bonds is 2. The van der Waals surface area contributed by atoms with Crippen molar-refractivity contribution >= 4 is 17.0 Å². The number of nitrogens with zero attached hydrogens (tertiary/aromatic N) is 1. The van der Waals surface area contributed by atoms with Gasteiger partial charge in [-0.2, -0.15) is 0 Å². The summed E-state index contributed by atoms with van der Waals surface area (Å²) in [6.07, 6.45) is 3.35. The van der Waals surface area contributed by atoms with Crippen LogP contribution in [0.1, 0.15) is 5.56 Å². The first-order valence-corrected chi connectivity index (χ1v) is 3.90. The van der Waals surface area contributed by atoms with E-state index in [-0.39, 0.29) is 6.42 Å². The Bertz CT molecular complexity index is 448. The van der Waals surface area contributed by atoms with Crippen LogP contribution >= 0.6 is 0 Å². The van der Waals surface area contributed by atoms with Crippen molar-refractivity contribution in [1.29, 1.82) is 0 Å². The standard InChI is InChI=1S/C9H8N2O2/c12-8(13)4-6-5-11-7-2-1-3-10-9(6)7/h1-3,5,11H,4H2,(H,12,13). The van der Waals surface area contributed by atoms with Gasteiger partial charge in [0.05, 0.1) is 17.5 Å². The topological polar surface area (TPSA) is 66.0 Å². The minimum atomic E-state index is -0.841. The van der Waals surface area contributed by atoms with E-state index in [9.17, 15) is 4.79 Å². The summed E-state index contributed by atoms with van der Waals surface area (Å²) in [4.78, 5) is 17.5. The molecule has 0 amide bonds. The summed E-state index contributed by atoms with van der Waals surface area (Å²) in [6, 6.07) is 3.68.